The van der Waals surface area contributed by atoms with Crippen molar-refractivity contribution in [3.8, 4) is 6.07 Å². The van der Waals surface area contributed by atoms with Crippen molar-refractivity contribution in [2.75, 3.05) is 0 Å². The molecule has 0 N–H and O–H groups in total. The van der Waals surface area contributed by atoms with Crippen molar-refractivity contribution in [3.05, 3.63) is 70.3 Å². The van der Waals surface area contributed by atoms with Crippen molar-refractivity contribution in [2.24, 2.45) is 0 Å². The second kappa shape index (κ2) is 8.44. The second-order valence-corrected chi connectivity index (χ2v) is 6.58. The number of aryl methyl sites for hydroxylation is 2. The van der Waals surface area contributed by atoms with Crippen LogP contribution in [0.4, 0.5) is 0 Å². The van der Waals surface area contributed by atoms with E-state index in [9.17, 15) is 9.59 Å². The first-order valence-corrected chi connectivity index (χ1v) is 8.95. The van der Waals surface area contributed by atoms with Gasteiger partial charge in [-0.15, -0.1) is 0 Å². The second-order valence-electron chi connectivity index (χ2n) is 6.58. The number of hydrogen-bond acceptors (Lipinski definition) is 4. The highest BCUT2D eigenvalue weighted by molar-refractivity contribution is 5.97. The predicted octanol–water partition coefficient (Wildman–Crippen LogP) is 4.14. The maximum absolute atomic E-state index is 12.3. The average Bonchev–Trinajstić information content (AvgIpc) is 2.70. The van der Waals surface area contributed by atoms with Crippen molar-refractivity contribution >= 4 is 11.8 Å². The molecule has 132 valence electrons. The Morgan fingerprint density at radius 1 is 0.962 bits per heavy atom. The Labute approximate surface area is 153 Å². The fraction of sp³-hybridized carbons (Fsp3) is 0.318. The standard InChI is InChI=1S/C22H21NO3/c23-14-16-5-7-17(8-6-16)15-26-22(25)12-11-21(24)20-10-9-18-3-1-2-4-19(18)13-20/h5-10,13H,1-4,11-12,15H2. The van der Waals surface area contributed by atoms with Crippen molar-refractivity contribution < 1.29 is 14.3 Å². The van der Waals surface area contributed by atoms with Crippen LogP contribution in [0.5, 0.6) is 0 Å². The Kier molecular flexibility index (Phi) is 5.80. The number of rotatable bonds is 6. The number of benzene rings is 2. The molecule has 0 unspecified atom stereocenters. The van der Waals surface area contributed by atoms with Crippen LogP contribution in [0.25, 0.3) is 0 Å². The van der Waals surface area contributed by atoms with Gasteiger partial charge in [0.2, 0.25) is 0 Å². The smallest absolute Gasteiger partial charge is 0.306 e. The molecule has 3 rings (SSSR count). The zero-order valence-corrected chi connectivity index (χ0v) is 14.7. The highest BCUT2D eigenvalue weighted by Gasteiger charge is 2.14. The lowest BCUT2D eigenvalue weighted by Crippen LogP contribution is -2.10. The number of nitrogens with zero attached hydrogens (tertiary/aromatic N) is 1. The quantitative estimate of drug-likeness (QED) is 0.582. The van der Waals surface area contributed by atoms with E-state index >= 15 is 0 Å². The lowest BCUT2D eigenvalue weighted by atomic mass is 9.89. The Morgan fingerprint density at radius 3 is 2.42 bits per heavy atom. The summed E-state index contributed by atoms with van der Waals surface area (Å²) in [5, 5.41) is 8.76. The van der Waals surface area contributed by atoms with Gasteiger partial charge in [-0.3, -0.25) is 9.59 Å². The lowest BCUT2D eigenvalue weighted by molar-refractivity contribution is -0.144. The van der Waals surface area contributed by atoms with Gasteiger partial charge in [0, 0.05) is 12.0 Å². The van der Waals surface area contributed by atoms with Gasteiger partial charge in [-0.25, -0.2) is 0 Å². The normalized spacial score (nSPS) is 12.7. The van der Waals surface area contributed by atoms with Crippen molar-refractivity contribution in [3.63, 3.8) is 0 Å². The number of nitriles is 1. The summed E-state index contributed by atoms with van der Waals surface area (Å²) in [6.07, 6.45) is 4.74. The zero-order chi connectivity index (χ0) is 18.4. The van der Waals surface area contributed by atoms with Gasteiger partial charge in [0.1, 0.15) is 6.61 Å². The monoisotopic (exact) mass is 347 g/mol. The number of ether oxygens (including phenoxy) is 1. The number of esters is 1. The minimum absolute atomic E-state index is 0.0197. The Morgan fingerprint density at radius 2 is 1.69 bits per heavy atom. The first-order valence-electron chi connectivity index (χ1n) is 8.95. The molecule has 4 heteroatoms. The van der Waals surface area contributed by atoms with E-state index in [4.69, 9.17) is 10.00 Å². The van der Waals surface area contributed by atoms with Gasteiger partial charge < -0.3 is 4.74 Å². The minimum Gasteiger partial charge on any atom is -0.461 e. The van der Waals surface area contributed by atoms with Crippen LogP contribution in [0, 0.1) is 11.3 Å². The van der Waals surface area contributed by atoms with Crippen LogP contribution in [0.15, 0.2) is 42.5 Å². The van der Waals surface area contributed by atoms with Crippen molar-refractivity contribution in [1.29, 1.82) is 5.26 Å². The highest BCUT2D eigenvalue weighted by atomic mass is 16.5. The number of ketones is 1. The molecule has 0 heterocycles. The molecular weight excluding hydrogens is 326 g/mol. The number of carbonyl (C=O) groups is 2. The Hall–Kier alpha value is -2.93. The zero-order valence-electron chi connectivity index (χ0n) is 14.7. The molecule has 4 nitrogen and oxygen atoms in total. The van der Waals surface area contributed by atoms with Gasteiger partial charge in [-0.2, -0.15) is 5.26 Å². The summed E-state index contributed by atoms with van der Waals surface area (Å²) in [5.41, 5.74) is 4.68. The van der Waals surface area contributed by atoms with Gasteiger partial charge in [-0.05, 0) is 60.6 Å². The molecule has 0 fully saturated rings. The molecule has 0 atom stereocenters. The summed E-state index contributed by atoms with van der Waals surface area (Å²) in [7, 11) is 0. The minimum atomic E-state index is -0.388. The van der Waals surface area contributed by atoms with E-state index in [0.717, 1.165) is 18.4 Å². The third kappa shape index (κ3) is 4.58. The molecule has 26 heavy (non-hydrogen) atoms. The SMILES string of the molecule is N#Cc1ccc(COC(=O)CCC(=O)c2ccc3c(c2)CCCC3)cc1. The molecule has 2 aromatic rings. The van der Waals surface area contributed by atoms with Gasteiger partial charge in [0.05, 0.1) is 18.1 Å². The largest absolute Gasteiger partial charge is 0.461 e. The van der Waals surface area contributed by atoms with E-state index in [2.05, 4.69) is 0 Å². The molecule has 0 radical (unpaired) electrons. The average molecular weight is 347 g/mol. The van der Waals surface area contributed by atoms with E-state index < -0.39 is 0 Å². The highest BCUT2D eigenvalue weighted by Crippen LogP contribution is 2.23. The Bertz CT molecular complexity index is 847. The van der Waals surface area contributed by atoms with Crippen LogP contribution in [-0.2, 0) is 29.0 Å². The molecule has 0 saturated heterocycles. The maximum atomic E-state index is 12.3. The molecule has 0 amide bonds. The first-order chi connectivity index (χ1) is 12.7. The number of hydrogen-bond donors (Lipinski definition) is 0. The van der Waals surface area contributed by atoms with E-state index in [-0.39, 0.29) is 31.2 Å². The number of fused-ring (bicyclic) bond motifs is 1. The van der Waals surface area contributed by atoms with Gasteiger partial charge in [-0.1, -0.05) is 24.3 Å². The molecule has 0 aromatic heterocycles. The van der Waals surface area contributed by atoms with E-state index in [0.29, 0.717) is 11.1 Å². The lowest BCUT2D eigenvalue weighted by Gasteiger charge is -2.16. The van der Waals surface area contributed by atoms with Crippen LogP contribution >= 0.6 is 0 Å². The third-order valence-electron chi connectivity index (χ3n) is 4.71. The predicted molar refractivity (Wildman–Crippen MR) is 97.6 cm³/mol. The summed E-state index contributed by atoms with van der Waals surface area (Å²) in [4.78, 5) is 24.2. The summed E-state index contributed by atoms with van der Waals surface area (Å²) in [5.74, 6) is -0.408. The summed E-state index contributed by atoms with van der Waals surface area (Å²) >= 11 is 0. The molecular formula is C22H21NO3. The number of carbonyl (C=O) groups excluding carboxylic acids is 2. The summed E-state index contributed by atoms with van der Waals surface area (Å²) in [6, 6.07) is 14.8. The van der Waals surface area contributed by atoms with Crippen LogP contribution in [0.3, 0.4) is 0 Å². The van der Waals surface area contributed by atoms with Gasteiger partial charge in [0.25, 0.3) is 0 Å². The van der Waals surface area contributed by atoms with E-state index in [1.165, 1.54) is 24.0 Å². The van der Waals surface area contributed by atoms with Crippen molar-refractivity contribution in [2.45, 2.75) is 45.1 Å². The van der Waals surface area contributed by atoms with Crippen molar-refractivity contribution in [1.82, 2.24) is 0 Å². The fourth-order valence-electron chi connectivity index (χ4n) is 3.18. The first kappa shape index (κ1) is 17.9. The van der Waals surface area contributed by atoms with E-state index in [1.807, 2.05) is 24.3 Å². The van der Waals surface area contributed by atoms with Crippen LogP contribution in [0.2, 0.25) is 0 Å². The molecule has 0 bridgehead atoms. The topological polar surface area (TPSA) is 67.2 Å². The fourth-order valence-corrected chi connectivity index (χ4v) is 3.18. The molecule has 0 aliphatic heterocycles. The van der Waals surface area contributed by atoms with Crippen LogP contribution in [0.1, 0.15) is 58.3 Å². The molecule has 0 saturated carbocycles. The van der Waals surface area contributed by atoms with Gasteiger partial charge in [0.15, 0.2) is 5.78 Å². The summed E-state index contributed by atoms with van der Waals surface area (Å²) < 4.78 is 5.20. The van der Waals surface area contributed by atoms with Crippen LogP contribution in [-0.4, -0.2) is 11.8 Å². The molecule has 1 aliphatic carbocycles. The number of Topliss-reactive ketones (excluding diaryl/α,β-unsaturated/α-hetero) is 1. The third-order valence-corrected chi connectivity index (χ3v) is 4.71. The van der Waals surface area contributed by atoms with Gasteiger partial charge >= 0.3 is 5.97 Å². The summed E-state index contributed by atoms with van der Waals surface area (Å²) in [6.45, 7) is 0.150. The van der Waals surface area contributed by atoms with Crippen LogP contribution < -0.4 is 0 Å². The Balaban J connectivity index is 1.47. The molecule has 1 aliphatic rings. The molecule has 0 spiro atoms. The van der Waals surface area contributed by atoms with E-state index in [1.54, 1.807) is 24.3 Å². The molecule has 2 aromatic carbocycles. The maximum Gasteiger partial charge on any atom is 0.306 e.